The molecule has 0 aliphatic heterocycles. The highest BCUT2D eigenvalue weighted by Crippen LogP contribution is 2.25. The van der Waals surface area contributed by atoms with Crippen molar-refractivity contribution >= 4 is 15.8 Å². The second kappa shape index (κ2) is 4.48. The zero-order valence-electron chi connectivity index (χ0n) is 10.3. The van der Waals surface area contributed by atoms with E-state index in [2.05, 4.69) is 4.98 Å². The summed E-state index contributed by atoms with van der Waals surface area (Å²) >= 11 is 0. The largest absolute Gasteiger partial charge is 0.465 e. The van der Waals surface area contributed by atoms with Crippen molar-refractivity contribution in [1.82, 2.24) is 9.55 Å². The first kappa shape index (κ1) is 13.7. The van der Waals surface area contributed by atoms with Gasteiger partial charge >= 0.3 is 5.97 Å². The number of ether oxygens (including phenoxy) is 1. The number of rotatable bonds is 4. The zero-order valence-corrected chi connectivity index (χ0v) is 11.1. The van der Waals surface area contributed by atoms with E-state index in [4.69, 9.17) is 4.74 Å². The molecule has 0 atom stereocenters. The summed E-state index contributed by atoms with van der Waals surface area (Å²) in [5.41, 5.74) is 0. The van der Waals surface area contributed by atoms with E-state index < -0.39 is 20.6 Å². The van der Waals surface area contributed by atoms with Crippen molar-refractivity contribution in [2.75, 3.05) is 6.61 Å². The number of hydrogen-bond donors (Lipinski definition) is 0. The van der Waals surface area contributed by atoms with Crippen molar-refractivity contribution in [1.29, 1.82) is 0 Å². The monoisotopic (exact) mass is 260 g/mol. The van der Waals surface area contributed by atoms with Crippen molar-refractivity contribution < 1.29 is 17.9 Å². The molecule has 0 saturated carbocycles. The van der Waals surface area contributed by atoms with Crippen LogP contribution in [0.1, 0.15) is 20.8 Å². The summed E-state index contributed by atoms with van der Waals surface area (Å²) in [6.45, 7) is 4.39. The Kier molecular flexibility index (Phi) is 3.61. The summed E-state index contributed by atoms with van der Waals surface area (Å²) in [6.07, 6.45) is 2.88. The predicted molar refractivity (Wildman–Crippen MR) is 61.1 cm³/mol. The van der Waals surface area contributed by atoms with Gasteiger partial charge in [-0.25, -0.2) is 13.4 Å². The Balaban J connectivity index is 3.23. The minimum Gasteiger partial charge on any atom is -0.465 e. The Labute approximate surface area is 101 Å². The topological polar surface area (TPSA) is 78.3 Å². The number of esters is 1. The van der Waals surface area contributed by atoms with Gasteiger partial charge in [0.25, 0.3) is 0 Å². The Bertz CT molecular complexity index is 516. The minimum absolute atomic E-state index is 0.137. The summed E-state index contributed by atoms with van der Waals surface area (Å²) in [7, 11) is -2.31. The van der Waals surface area contributed by atoms with Gasteiger partial charge in [-0.05, 0) is 20.8 Å². The zero-order chi connectivity index (χ0) is 13.3. The third-order valence-corrected chi connectivity index (χ3v) is 4.84. The van der Waals surface area contributed by atoms with Crippen molar-refractivity contribution in [3.05, 3.63) is 12.4 Å². The number of sulfone groups is 1. The first-order chi connectivity index (χ1) is 7.75. The molecule has 0 radical (unpaired) electrons. The van der Waals surface area contributed by atoms with Gasteiger partial charge in [-0.2, -0.15) is 0 Å². The molecule has 0 bridgehead atoms. The van der Waals surface area contributed by atoms with Crippen LogP contribution in [0.25, 0.3) is 0 Å². The number of aryl methyl sites for hydroxylation is 1. The highest BCUT2D eigenvalue weighted by atomic mass is 32.2. The van der Waals surface area contributed by atoms with E-state index in [1.165, 1.54) is 30.8 Å². The standard InChI is InChI=1S/C10H16N2O4S/c1-5-16-8(13)10(2,3)17(14,15)9-11-6-7-12(9)4/h6-7H,5H2,1-4H3. The molecule has 7 heteroatoms. The van der Waals surface area contributed by atoms with Gasteiger partial charge < -0.3 is 9.30 Å². The maximum Gasteiger partial charge on any atom is 0.327 e. The predicted octanol–water partition coefficient (Wildman–Crippen LogP) is 0.535. The van der Waals surface area contributed by atoms with Crippen molar-refractivity contribution in [3.63, 3.8) is 0 Å². The lowest BCUT2D eigenvalue weighted by molar-refractivity contribution is -0.145. The highest BCUT2D eigenvalue weighted by molar-refractivity contribution is 7.93. The Hall–Kier alpha value is -1.37. The quantitative estimate of drug-likeness (QED) is 0.738. The maximum absolute atomic E-state index is 12.3. The number of hydrogen-bond acceptors (Lipinski definition) is 5. The van der Waals surface area contributed by atoms with E-state index in [1.54, 1.807) is 14.0 Å². The molecule has 0 amide bonds. The van der Waals surface area contributed by atoms with Gasteiger partial charge in [0.05, 0.1) is 6.61 Å². The first-order valence-corrected chi connectivity index (χ1v) is 6.62. The molecule has 0 N–H and O–H groups in total. The lowest BCUT2D eigenvalue weighted by Gasteiger charge is -2.21. The van der Waals surface area contributed by atoms with E-state index in [0.717, 1.165) is 0 Å². The molecule has 0 unspecified atom stereocenters. The molecule has 0 saturated heterocycles. The molecule has 96 valence electrons. The average molecular weight is 260 g/mol. The molecule has 0 aliphatic carbocycles. The van der Waals surface area contributed by atoms with Gasteiger partial charge in [0.2, 0.25) is 15.0 Å². The van der Waals surface area contributed by atoms with Crippen LogP contribution in [0.2, 0.25) is 0 Å². The molecular weight excluding hydrogens is 244 g/mol. The minimum atomic E-state index is -3.87. The fourth-order valence-electron chi connectivity index (χ4n) is 1.25. The van der Waals surface area contributed by atoms with E-state index >= 15 is 0 Å². The van der Waals surface area contributed by atoms with Gasteiger partial charge in [0.1, 0.15) is 0 Å². The van der Waals surface area contributed by atoms with E-state index in [-0.39, 0.29) is 11.8 Å². The lowest BCUT2D eigenvalue weighted by Crippen LogP contribution is -2.43. The summed E-state index contributed by atoms with van der Waals surface area (Å²) < 4.78 is 29.0. The van der Waals surface area contributed by atoms with Crippen LogP contribution in [0.4, 0.5) is 0 Å². The summed E-state index contributed by atoms with van der Waals surface area (Å²) in [5, 5.41) is -0.143. The van der Waals surface area contributed by atoms with Gasteiger partial charge in [-0.15, -0.1) is 0 Å². The van der Waals surface area contributed by atoms with Crippen LogP contribution in [-0.2, 0) is 26.4 Å². The van der Waals surface area contributed by atoms with Crippen molar-refractivity contribution in [2.45, 2.75) is 30.7 Å². The highest BCUT2D eigenvalue weighted by Gasteiger charge is 2.46. The SMILES string of the molecule is CCOC(=O)C(C)(C)S(=O)(=O)c1nccn1C. The van der Waals surface area contributed by atoms with Gasteiger partial charge in [0.15, 0.2) is 4.75 Å². The molecule has 17 heavy (non-hydrogen) atoms. The number of aromatic nitrogens is 2. The third-order valence-electron chi connectivity index (χ3n) is 2.46. The Morgan fingerprint density at radius 2 is 2.12 bits per heavy atom. The number of imidazole rings is 1. The smallest absolute Gasteiger partial charge is 0.327 e. The molecule has 0 aliphatic rings. The molecule has 6 nitrogen and oxygen atoms in total. The summed E-state index contributed by atoms with van der Waals surface area (Å²) in [4.78, 5) is 15.4. The van der Waals surface area contributed by atoms with Crippen LogP contribution in [-0.4, -0.2) is 35.3 Å². The van der Waals surface area contributed by atoms with Crippen molar-refractivity contribution in [3.8, 4) is 0 Å². The van der Waals surface area contributed by atoms with Gasteiger partial charge in [-0.3, -0.25) is 4.79 Å². The third kappa shape index (κ3) is 2.19. The van der Waals surface area contributed by atoms with Crippen molar-refractivity contribution in [2.24, 2.45) is 7.05 Å². The van der Waals surface area contributed by atoms with Gasteiger partial charge in [0, 0.05) is 19.4 Å². The Morgan fingerprint density at radius 3 is 2.53 bits per heavy atom. The maximum atomic E-state index is 12.3. The summed E-state index contributed by atoms with van der Waals surface area (Å²) in [5.74, 6) is -0.775. The molecule has 1 aromatic heterocycles. The molecule has 0 spiro atoms. The van der Waals surface area contributed by atoms with E-state index in [0.29, 0.717) is 0 Å². The first-order valence-electron chi connectivity index (χ1n) is 5.14. The fourth-order valence-corrected chi connectivity index (χ4v) is 2.63. The van der Waals surface area contributed by atoms with Crippen LogP contribution in [0.5, 0.6) is 0 Å². The van der Waals surface area contributed by atoms with Crippen LogP contribution in [0.15, 0.2) is 17.6 Å². The van der Waals surface area contributed by atoms with Gasteiger partial charge in [-0.1, -0.05) is 0 Å². The lowest BCUT2D eigenvalue weighted by atomic mass is 10.2. The summed E-state index contributed by atoms with van der Waals surface area (Å²) in [6, 6.07) is 0. The number of nitrogens with zero attached hydrogens (tertiary/aromatic N) is 2. The molecule has 1 heterocycles. The van der Waals surface area contributed by atoms with E-state index in [1.807, 2.05) is 0 Å². The molecule has 1 aromatic rings. The second-order valence-corrected chi connectivity index (χ2v) is 6.45. The average Bonchev–Trinajstić information content (AvgIpc) is 2.65. The van der Waals surface area contributed by atoms with Crippen LogP contribution in [0.3, 0.4) is 0 Å². The molecule has 0 aromatic carbocycles. The molecule has 0 fully saturated rings. The molecule has 1 rings (SSSR count). The number of carbonyl (C=O) groups excluding carboxylic acids is 1. The Morgan fingerprint density at radius 1 is 1.53 bits per heavy atom. The number of carbonyl (C=O) groups is 1. The molecular formula is C10H16N2O4S. The normalized spacial score (nSPS) is 12.5. The van der Waals surface area contributed by atoms with Crippen LogP contribution >= 0.6 is 0 Å². The van der Waals surface area contributed by atoms with Crippen LogP contribution in [0, 0.1) is 0 Å². The van der Waals surface area contributed by atoms with E-state index in [9.17, 15) is 13.2 Å². The second-order valence-electron chi connectivity index (χ2n) is 4.05. The fraction of sp³-hybridized carbons (Fsp3) is 0.600. The van der Waals surface area contributed by atoms with Crippen LogP contribution < -0.4 is 0 Å².